The van der Waals surface area contributed by atoms with Crippen molar-refractivity contribution in [3.8, 4) is 0 Å². The second-order valence-electron chi connectivity index (χ2n) is 3.34. The van der Waals surface area contributed by atoms with E-state index in [1.807, 2.05) is 12.1 Å². The van der Waals surface area contributed by atoms with Gasteiger partial charge >= 0.3 is 0 Å². The van der Waals surface area contributed by atoms with Crippen LogP contribution in [-0.2, 0) is 22.6 Å². The monoisotopic (exact) mass is 191 g/mol. The van der Waals surface area contributed by atoms with Crippen molar-refractivity contribution in [1.82, 2.24) is 0 Å². The van der Waals surface area contributed by atoms with Gasteiger partial charge in [0.1, 0.15) is 6.61 Å². The number of hydrogen-bond acceptors (Lipinski definition) is 2. The van der Waals surface area contributed by atoms with Gasteiger partial charge in [-0.25, -0.2) is 0 Å². The van der Waals surface area contributed by atoms with Gasteiger partial charge in [0.25, 0.3) is 0 Å². The van der Waals surface area contributed by atoms with Crippen LogP contribution in [0.4, 0.5) is 5.69 Å². The van der Waals surface area contributed by atoms with E-state index < -0.39 is 0 Å². The lowest BCUT2D eigenvalue weighted by Crippen LogP contribution is -2.14. The van der Waals surface area contributed by atoms with Crippen LogP contribution in [-0.4, -0.2) is 12.5 Å². The van der Waals surface area contributed by atoms with Crippen LogP contribution >= 0.6 is 0 Å². The fourth-order valence-electron chi connectivity index (χ4n) is 1.69. The number of amides is 1. The molecule has 0 bridgehead atoms. The Hall–Kier alpha value is -1.35. The molecule has 1 aromatic rings. The van der Waals surface area contributed by atoms with Gasteiger partial charge in [-0.15, -0.1) is 0 Å². The second-order valence-corrected chi connectivity index (χ2v) is 3.34. The Labute approximate surface area is 83.1 Å². The maximum atomic E-state index is 11.2. The molecule has 1 aliphatic rings. The van der Waals surface area contributed by atoms with Crippen molar-refractivity contribution < 1.29 is 9.53 Å². The zero-order valence-electron chi connectivity index (χ0n) is 8.17. The minimum atomic E-state index is -0.0722. The number of ether oxygens (including phenoxy) is 1. The molecule has 1 amide bonds. The molecule has 1 heterocycles. The number of benzene rings is 1. The standard InChI is InChI=1S/C11H13NO2/c1-2-8-4-3-5-10-9(8)6-14-7-11(13)12-10/h3-5H,2,6-7H2,1H3,(H,12,13). The molecule has 0 fully saturated rings. The third-order valence-corrected chi connectivity index (χ3v) is 2.41. The van der Waals surface area contributed by atoms with Crippen LogP contribution in [0.1, 0.15) is 18.1 Å². The summed E-state index contributed by atoms with van der Waals surface area (Å²) in [5.41, 5.74) is 3.25. The summed E-state index contributed by atoms with van der Waals surface area (Å²) in [5.74, 6) is -0.0722. The Balaban J connectivity index is 2.43. The minimum Gasteiger partial charge on any atom is -0.367 e. The predicted octanol–water partition coefficient (Wildman–Crippen LogP) is 1.72. The van der Waals surface area contributed by atoms with Crippen LogP contribution in [0.25, 0.3) is 0 Å². The van der Waals surface area contributed by atoms with Gasteiger partial charge in [-0.05, 0) is 18.1 Å². The average molecular weight is 191 g/mol. The van der Waals surface area contributed by atoms with Gasteiger partial charge in [-0.3, -0.25) is 4.79 Å². The van der Waals surface area contributed by atoms with Crippen molar-refractivity contribution in [2.75, 3.05) is 11.9 Å². The first-order valence-electron chi connectivity index (χ1n) is 4.79. The van der Waals surface area contributed by atoms with Crippen molar-refractivity contribution in [2.24, 2.45) is 0 Å². The van der Waals surface area contributed by atoms with E-state index in [0.717, 1.165) is 17.7 Å². The van der Waals surface area contributed by atoms with Gasteiger partial charge in [0.15, 0.2) is 0 Å². The summed E-state index contributed by atoms with van der Waals surface area (Å²) in [6, 6.07) is 5.95. The van der Waals surface area contributed by atoms with E-state index >= 15 is 0 Å². The van der Waals surface area contributed by atoms with Crippen LogP contribution in [0.15, 0.2) is 18.2 Å². The third kappa shape index (κ3) is 1.63. The first kappa shape index (κ1) is 9.21. The molecule has 0 saturated carbocycles. The van der Waals surface area contributed by atoms with Crippen LogP contribution < -0.4 is 5.32 Å². The largest absolute Gasteiger partial charge is 0.367 e. The summed E-state index contributed by atoms with van der Waals surface area (Å²) in [7, 11) is 0. The minimum absolute atomic E-state index is 0.0722. The second kappa shape index (κ2) is 3.80. The lowest BCUT2D eigenvalue weighted by Gasteiger charge is -2.09. The quantitative estimate of drug-likeness (QED) is 0.734. The van der Waals surface area contributed by atoms with Gasteiger partial charge in [-0.1, -0.05) is 19.1 Å². The van der Waals surface area contributed by atoms with Crippen molar-refractivity contribution in [3.05, 3.63) is 29.3 Å². The molecule has 3 heteroatoms. The molecular formula is C11H13NO2. The highest BCUT2D eigenvalue weighted by Crippen LogP contribution is 2.23. The van der Waals surface area contributed by atoms with Gasteiger partial charge in [-0.2, -0.15) is 0 Å². The van der Waals surface area contributed by atoms with Gasteiger partial charge in [0.05, 0.1) is 6.61 Å². The van der Waals surface area contributed by atoms with Crippen molar-refractivity contribution in [2.45, 2.75) is 20.0 Å². The van der Waals surface area contributed by atoms with E-state index in [1.165, 1.54) is 5.56 Å². The lowest BCUT2D eigenvalue weighted by atomic mass is 10.0. The fraction of sp³-hybridized carbons (Fsp3) is 0.364. The predicted molar refractivity (Wildman–Crippen MR) is 54.1 cm³/mol. The maximum absolute atomic E-state index is 11.2. The van der Waals surface area contributed by atoms with Crippen molar-refractivity contribution >= 4 is 11.6 Å². The highest BCUT2D eigenvalue weighted by molar-refractivity contribution is 5.93. The third-order valence-electron chi connectivity index (χ3n) is 2.41. The summed E-state index contributed by atoms with van der Waals surface area (Å²) in [4.78, 5) is 11.2. The van der Waals surface area contributed by atoms with Crippen LogP contribution in [0.5, 0.6) is 0 Å². The molecule has 1 N–H and O–H groups in total. The highest BCUT2D eigenvalue weighted by atomic mass is 16.5. The van der Waals surface area contributed by atoms with Gasteiger partial charge in [0.2, 0.25) is 5.91 Å². The number of fused-ring (bicyclic) bond motifs is 1. The van der Waals surface area contributed by atoms with Gasteiger partial charge < -0.3 is 10.1 Å². The number of carbonyl (C=O) groups is 1. The topological polar surface area (TPSA) is 38.3 Å². The molecule has 0 spiro atoms. The molecule has 14 heavy (non-hydrogen) atoms. The Bertz CT molecular complexity index is 360. The molecule has 2 rings (SSSR count). The van der Waals surface area contributed by atoms with E-state index in [9.17, 15) is 4.79 Å². The van der Waals surface area contributed by atoms with Crippen molar-refractivity contribution in [1.29, 1.82) is 0 Å². The molecule has 0 aliphatic carbocycles. The van der Waals surface area contributed by atoms with Crippen LogP contribution in [0.3, 0.4) is 0 Å². The zero-order chi connectivity index (χ0) is 9.97. The molecule has 1 aromatic carbocycles. The Kier molecular flexibility index (Phi) is 2.50. The van der Waals surface area contributed by atoms with E-state index in [4.69, 9.17) is 4.74 Å². The summed E-state index contributed by atoms with van der Waals surface area (Å²) >= 11 is 0. The van der Waals surface area contributed by atoms with Crippen molar-refractivity contribution in [3.63, 3.8) is 0 Å². The molecule has 0 unspecified atom stereocenters. The number of nitrogens with one attached hydrogen (secondary N) is 1. The van der Waals surface area contributed by atoms with Gasteiger partial charge in [0, 0.05) is 11.3 Å². The van der Waals surface area contributed by atoms with E-state index in [2.05, 4.69) is 18.3 Å². The summed E-state index contributed by atoms with van der Waals surface area (Å²) in [6.07, 6.45) is 0.961. The number of anilines is 1. The Morgan fingerprint density at radius 2 is 2.29 bits per heavy atom. The zero-order valence-corrected chi connectivity index (χ0v) is 8.17. The highest BCUT2D eigenvalue weighted by Gasteiger charge is 2.14. The lowest BCUT2D eigenvalue weighted by molar-refractivity contribution is -0.120. The molecule has 3 nitrogen and oxygen atoms in total. The summed E-state index contributed by atoms with van der Waals surface area (Å²) in [5, 5.41) is 2.83. The molecule has 74 valence electrons. The van der Waals surface area contributed by atoms with E-state index in [1.54, 1.807) is 0 Å². The fourth-order valence-corrected chi connectivity index (χ4v) is 1.69. The van der Waals surface area contributed by atoms with Crippen LogP contribution in [0, 0.1) is 0 Å². The average Bonchev–Trinajstić information content (AvgIpc) is 2.37. The molecule has 0 radical (unpaired) electrons. The first-order valence-corrected chi connectivity index (χ1v) is 4.79. The van der Waals surface area contributed by atoms with E-state index in [-0.39, 0.29) is 12.5 Å². The number of aryl methyl sites for hydroxylation is 1. The molecule has 0 atom stereocenters. The maximum Gasteiger partial charge on any atom is 0.250 e. The number of hydrogen-bond donors (Lipinski definition) is 1. The van der Waals surface area contributed by atoms with E-state index in [0.29, 0.717) is 6.61 Å². The SMILES string of the molecule is CCc1cccc2c1COCC(=O)N2. The molecule has 1 aliphatic heterocycles. The number of carbonyl (C=O) groups excluding carboxylic acids is 1. The molecular weight excluding hydrogens is 178 g/mol. The summed E-state index contributed by atoms with van der Waals surface area (Å²) in [6.45, 7) is 2.78. The first-order chi connectivity index (χ1) is 6.81. The Morgan fingerprint density at radius 3 is 3.07 bits per heavy atom. The smallest absolute Gasteiger partial charge is 0.250 e. The molecule has 0 saturated heterocycles. The summed E-state index contributed by atoms with van der Waals surface area (Å²) < 4.78 is 5.26. The van der Waals surface area contributed by atoms with Crippen LogP contribution in [0.2, 0.25) is 0 Å². The Morgan fingerprint density at radius 1 is 1.43 bits per heavy atom. The number of rotatable bonds is 1. The normalized spacial score (nSPS) is 15.6. The molecule has 0 aromatic heterocycles.